The third kappa shape index (κ3) is 2.64. The zero-order valence-electron chi connectivity index (χ0n) is 6.39. The standard InChI is InChI=1S/C8H12OS/c1-4-8(2,3)9-5-7-6-10-7/h1,7H,5-6H2,2-3H3. The molecule has 0 aromatic carbocycles. The molecule has 0 N–H and O–H groups in total. The Balaban J connectivity index is 2.17. The molecule has 0 spiro atoms. The van der Waals surface area contributed by atoms with Gasteiger partial charge in [-0.25, -0.2) is 0 Å². The highest BCUT2D eigenvalue weighted by Crippen LogP contribution is 2.30. The quantitative estimate of drug-likeness (QED) is 0.452. The van der Waals surface area contributed by atoms with Gasteiger partial charge in [-0.05, 0) is 13.8 Å². The monoisotopic (exact) mass is 156 g/mol. The predicted molar refractivity (Wildman–Crippen MR) is 45.1 cm³/mol. The second-order valence-electron chi connectivity index (χ2n) is 2.92. The van der Waals surface area contributed by atoms with Gasteiger partial charge in [-0.1, -0.05) is 5.92 Å². The number of hydrogen-bond acceptors (Lipinski definition) is 2. The smallest absolute Gasteiger partial charge is 0.122 e. The lowest BCUT2D eigenvalue weighted by molar-refractivity contribution is 0.0325. The number of hydrogen-bond donors (Lipinski definition) is 0. The molecule has 2 heteroatoms. The van der Waals surface area contributed by atoms with E-state index < -0.39 is 0 Å². The number of thioether (sulfide) groups is 1. The van der Waals surface area contributed by atoms with Crippen molar-refractivity contribution < 1.29 is 4.74 Å². The topological polar surface area (TPSA) is 9.23 Å². The van der Waals surface area contributed by atoms with Gasteiger partial charge in [0, 0.05) is 11.0 Å². The molecule has 0 aliphatic carbocycles. The molecular weight excluding hydrogens is 144 g/mol. The highest BCUT2D eigenvalue weighted by atomic mass is 32.2. The van der Waals surface area contributed by atoms with E-state index in [1.54, 1.807) is 0 Å². The Bertz CT molecular complexity index is 153. The second kappa shape index (κ2) is 2.86. The average molecular weight is 156 g/mol. The summed E-state index contributed by atoms with van der Waals surface area (Å²) in [6, 6.07) is 0. The van der Waals surface area contributed by atoms with Crippen molar-refractivity contribution in [2.45, 2.75) is 24.7 Å². The molecule has 1 aliphatic heterocycles. The van der Waals surface area contributed by atoms with E-state index in [0.717, 1.165) is 6.61 Å². The van der Waals surface area contributed by atoms with Crippen molar-refractivity contribution in [1.29, 1.82) is 0 Å². The molecule has 0 aromatic heterocycles. The fourth-order valence-corrected chi connectivity index (χ4v) is 0.904. The summed E-state index contributed by atoms with van der Waals surface area (Å²) in [6.45, 7) is 4.64. The van der Waals surface area contributed by atoms with Crippen molar-refractivity contribution in [3.63, 3.8) is 0 Å². The SMILES string of the molecule is C#CC(C)(C)OCC1CS1. The van der Waals surface area contributed by atoms with Crippen molar-refractivity contribution in [2.24, 2.45) is 0 Å². The lowest BCUT2D eigenvalue weighted by Crippen LogP contribution is -2.23. The minimum Gasteiger partial charge on any atom is -0.362 e. The van der Waals surface area contributed by atoms with Crippen LogP contribution in [0.3, 0.4) is 0 Å². The minimum atomic E-state index is -0.372. The van der Waals surface area contributed by atoms with Gasteiger partial charge in [0.25, 0.3) is 0 Å². The molecule has 1 saturated heterocycles. The maximum absolute atomic E-state index is 5.45. The maximum Gasteiger partial charge on any atom is 0.122 e. The van der Waals surface area contributed by atoms with E-state index in [1.807, 2.05) is 25.6 Å². The van der Waals surface area contributed by atoms with Crippen molar-refractivity contribution in [2.75, 3.05) is 12.4 Å². The van der Waals surface area contributed by atoms with Crippen LogP contribution in [-0.2, 0) is 4.74 Å². The van der Waals surface area contributed by atoms with Crippen molar-refractivity contribution in [3.05, 3.63) is 0 Å². The summed E-state index contributed by atoms with van der Waals surface area (Å²) < 4.78 is 5.45. The minimum absolute atomic E-state index is 0.372. The first-order chi connectivity index (χ1) is 4.64. The Morgan fingerprint density at radius 2 is 2.40 bits per heavy atom. The van der Waals surface area contributed by atoms with Crippen LogP contribution in [0.2, 0.25) is 0 Å². The molecule has 1 aliphatic rings. The summed E-state index contributed by atoms with van der Waals surface area (Å²) >= 11 is 1.93. The maximum atomic E-state index is 5.45. The van der Waals surface area contributed by atoms with Gasteiger partial charge in [0.05, 0.1) is 6.61 Å². The first-order valence-corrected chi connectivity index (χ1v) is 4.42. The van der Waals surface area contributed by atoms with Gasteiger partial charge in [0.15, 0.2) is 0 Å². The Morgan fingerprint density at radius 3 is 2.80 bits per heavy atom. The fraction of sp³-hybridized carbons (Fsp3) is 0.750. The van der Waals surface area contributed by atoms with E-state index in [-0.39, 0.29) is 5.60 Å². The van der Waals surface area contributed by atoms with Gasteiger partial charge in [0.2, 0.25) is 0 Å². The molecule has 1 rings (SSSR count). The molecule has 0 bridgehead atoms. The number of rotatable bonds is 3. The predicted octanol–water partition coefficient (Wildman–Crippen LogP) is 1.53. The first-order valence-electron chi connectivity index (χ1n) is 3.37. The van der Waals surface area contributed by atoms with Crippen LogP contribution in [0.1, 0.15) is 13.8 Å². The molecule has 0 saturated carbocycles. The third-order valence-electron chi connectivity index (χ3n) is 1.38. The van der Waals surface area contributed by atoms with Gasteiger partial charge < -0.3 is 4.74 Å². The molecule has 1 heterocycles. The first kappa shape index (κ1) is 7.97. The normalized spacial score (nSPS) is 23.9. The van der Waals surface area contributed by atoms with E-state index >= 15 is 0 Å². The molecule has 0 amide bonds. The lowest BCUT2D eigenvalue weighted by atomic mass is 10.1. The van der Waals surface area contributed by atoms with E-state index in [0.29, 0.717) is 5.25 Å². The molecule has 0 aromatic rings. The van der Waals surface area contributed by atoms with Crippen LogP contribution in [0.4, 0.5) is 0 Å². The van der Waals surface area contributed by atoms with Gasteiger partial charge >= 0.3 is 0 Å². The van der Waals surface area contributed by atoms with Crippen LogP contribution in [-0.4, -0.2) is 23.2 Å². The van der Waals surface area contributed by atoms with Crippen molar-refractivity contribution in [1.82, 2.24) is 0 Å². The Labute approximate surface area is 66.5 Å². The summed E-state index contributed by atoms with van der Waals surface area (Å²) in [7, 11) is 0. The van der Waals surface area contributed by atoms with Gasteiger partial charge in [-0.2, -0.15) is 11.8 Å². The molecule has 1 fully saturated rings. The number of ether oxygens (including phenoxy) is 1. The van der Waals surface area contributed by atoms with E-state index in [2.05, 4.69) is 5.92 Å². The zero-order valence-corrected chi connectivity index (χ0v) is 7.20. The van der Waals surface area contributed by atoms with E-state index in [1.165, 1.54) is 5.75 Å². The molecular formula is C8H12OS. The van der Waals surface area contributed by atoms with Crippen molar-refractivity contribution >= 4 is 11.8 Å². The summed E-state index contributed by atoms with van der Waals surface area (Å²) in [4.78, 5) is 0. The molecule has 1 atom stereocenters. The van der Waals surface area contributed by atoms with E-state index in [4.69, 9.17) is 11.2 Å². The van der Waals surface area contributed by atoms with Crippen LogP contribution < -0.4 is 0 Å². The van der Waals surface area contributed by atoms with Crippen LogP contribution in [0.5, 0.6) is 0 Å². The molecule has 10 heavy (non-hydrogen) atoms. The fourth-order valence-electron chi connectivity index (χ4n) is 0.507. The van der Waals surface area contributed by atoms with Gasteiger partial charge in [0.1, 0.15) is 5.60 Å². The van der Waals surface area contributed by atoms with E-state index in [9.17, 15) is 0 Å². The molecule has 1 nitrogen and oxygen atoms in total. The van der Waals surface area contributed by atoms with Crippen LogP contribution in [0, 0.1) is 12.3 Å². The van der Waals surface area contributed by atoms with Crippen LogP contribution in [0.25, 0.3) is 0 Å². The summed E-state index contributed by atoms with van der Waals surface area (Å²) in [6.07, 6.45) is 5.23. The number of terminal acetylenes is 1. The molecule has 1 unspecified atom stereocenters. The molecule has 56 valence electrons. The Kier molecular flexibility index (Phi) is 2.28. The zero-order chi connectivity index (χ0) is 7.61. The van der Waals surface area contributed by atoms with Crippen LogP contribution in [0.15, 0.2) is 0 Å². The summed E-state index contributed by atoms with van der Waals surface area (Å²) in [5, 5.41) is 0.715. The average Bonchev–Trinajstić information content (AvgIpc) is 2.66. The lowest BCUT2D eigenvalue weighted by Gasteiger charge is -2.17. The van der Waals surface area contributed by atoms with Crippen molar-refractivity contribution in [3.8, 4) is 12.3 Å². The Morgan fingerprint density at radius 1 is 1.80 bits per heavy atom. The summed E-state index contributed by atoms with van der Waals surface area (Å²) in [5.41, 5.74) is -0.372. The van der Waals surface area contributed by atoms with Crippen LogP contribution >= 0.6 is 11.8 Å². The molecule has 0 radical (unpaired) electrons. The summed E-state index contributed by atoms with van der Waals surface area (Å²) in [5.74, 6) is 3.83. The Hall–Kier alpha value is -0.130. The van der Waals surface area contributed by atoms with Gasteiger partial charge in [-0.3, -0.25) is 0 Å². The third-order valence-corrected chi connectivity index (χ3v) is 2.32. The van der Waals surface area contributed by atoms with Gasteiger partial charge in [-0.15, -0.1) is 6.42 Å². The highest BCUT2D eigenvalue weighted by molar-refractivity contribution is 8.06. The highest BCUT2D eigenvalue weighted by Gasteiger charge is 2.25. The largest absolute Gasteiger partial charge is 0.362 e. The second-order valence-corrected chi connectivity index (χ2v) is 4.25.